The first-order valence-electron chi connectivity index (χ1n) is 8.39. The molecule has 0 fully saturated rings. The minimum atomic E-state index is -0.658. The molecular weight excluding hydrogens is 385 g/mol. The molecule has 3 aromatic rings. The van der Waals surface area contributed by atoms with Gasteiger partial charge < -0.3 is 14.8 Å². The highest BCUT2D eigenvalue weighted by Crippen LogP contribution is 2.26. The SMILES string of the molecule is CCOC(=O)c1ccc(NC(=O)COC(=O)c2cc3cc(F)ccc3s2)cc1. The number of hydrogen-bond donors (Lipinski definition) is 1. The van der Waals surface area contributed by atoms with Crippen LogP contribution in [-0.4, -0.2) is 31.1 Å². The lowest BCUT2D eigenvalue weighted by atomic mass is 10.2. The summed E-state index contributed by atoms with van der Waals surface area (Å²) >= 11 is 1.16. The molecular formula is C20H16FNO5S. The largest absolute Gasteiger partial charge is 0.462 e. The number of ether oxygens (including phenoxy) is 2. The number of halogens is 1. The Morgan fingerprint density at radius 1 is 1.00 bits per heavy atom. The summed E-state index contributed by atoms with van der Waals surface area (Å²) in [6, 6.07) is 11.9. The Hall–Kier alpha value is -3.26. The Morgan fingerprint density at radius 3 is 2.46 bits per heavy atom. The summed E-state index contributed by atoms with van der Waals surface area (Å²) in [6.07, 6.45) is 0. The fourth-order valence-electron chi connectivity index (χ4n) is 2.42. The number of thiophene rings is 1. The van der Waals surface area contributed by atoms with Crippen molar-refractivity contribution in [2.24, 2.45) is 0 Å². The molecule has 0 aliphatic rings. The van der Waals surface area contributed by atoms with Crippen molar-refractivity contribution in [3.8, 4) is 0 Å². The van der Waals surface area contributed by atoms with Gasteiger partial charge in [-0.15, -0.1) is 11.3 Å². The van der Waals surface area contributed by atoms with Crippen molar-refractivity contribution in [1.82, 2.24) is 0 Å². The van der Waals surface area contributed by atoms with Crippen LogP contribution < -0.4 is 5.32 Å². The number of benzene rings is 2. The molecule has 2 aromatic carbocycles. The van der Waals surface area contributed by atoms with Gasteiger partial charge in [-0.2, -0.15) is 0 Å². The maximum Gasteiger partial charge on any atom is 0.348 e. The van der Waals surface area contributed by atoms with E-state index in [-0.39, 0.29) is 11.5 Å². The van der Waals surface area contributed by atoms with Gasteiger partial charge >= 0.3 is 11.9 Å². The smallest absolute Gasteiger partial charge is 0.348 e. The van der Waals surface area contributed by atoms with Gasteiger partial charge in [0.1, 0.15) is 10.7 Å². The van der Waals surface area contributed by atoms with Crippen molar-refractivity contribution >= 4 is 45.0 Å². The van der Waals surface area contributed by atoms with Crippen LogP contribution in [0.1, 0.15) is 27.0 Å². The number of hydrogen-bond acceptors (Lipinski definition) is 6. The normalized spacial score (nSPS) is 10.5. The van der Waals surface area contributed by atoms with Crippen LogP contribution in [0.25, 0.3) is 10.1 Å². The maximum absolute atomic E-state index is 13.2. The minimum Gasteiger partial charge on any atom is -0.462 e. The van der Waals surface area contributed by atoms with Gasteiger partial charge in [-0.05, 0) is 60.8 Å². The molecule has 6 nitrogen and oxygen atoms in total. The van der Waals surface area contributed by atoms with Crippen LogP contribution in [0.2, 0.25) is 0 Å². The Kier molecular flexibility index (Phi) is 6.00. The van der Waals surface area contributed by atoms with Gasteiger partial charge in [0, 0.05) is 10.4 Å². The van der Waals surface area contributed by atoms with E-state index in [1.165, 1.54) is 30.3 Å². The first kappa shape index (κ1) is 19.5. The quantitative estimate of drug-likeness (QED) is 0.631. The van der Waals surface area contributed by atoms with E-state index in [0.717, 1.165) is 16.0 Å². The summed E-state index contributed by atoms with van der Waals surface area (Å²) in [5.74, 6) is -2.02. The van der Waals surface area contributed by atoms with E-state index in [1.807, 2.05) is 0 Å². The number of amides is 1. The first-order valence-corrected chi connectivity index (χ1v) is 9.21. The van der Waals surface area contributed by atoms with Crippen molar-refractivity contribution in [2.45, 2.75) is 6.92 Å². The minimum absolute atomic E-state index is 0.275. The number of esters is 2. The first-order chi connectivity index (χ1) is 13.5. The molecule has 1 heterocycles. The van der Waals surface area contributed by atoms with E-state index in [1.54, 1.807) is 25.1 Å². The van der Waals surface area contributed by atoms with Crippen LogP contribution in [0.3, 0.4) is 0 Å². The highest BCUT2D eigenvalue weighted by molar-refractivity contribution is 7.20. The van der Waals surface area contributed by atoms with E-state index < -0.39 is 30.3 Å². The molecule has 0 saturated heterocycles. The number of carbonyl (C=O) groups is 3. The molecule has 1 aromatic heterocycles. The van der Waals surface area contributed by atoms with E-state index in [4.69, 9.17) is 9.47 Å². The third-order valence-electron chi connectivity index (χ3n) is 3.69. The summed E-state index contributed by atoms with van der Waals surface area (Å²) < 4.78 is 23.9. The van der Waals surface area contributed by atoms with Crippen LogP contribution in [0, 0.1) is 5.82 Å². The molecule has 28 heavy (non-hydrogen) atoms. The molecule has 0 saturated carbocycles. The van der Waals surface area contributed by atoms with Crippen molar-refractivity contribution in [3.05, 3.63) is 64.8 Å². The van der Waals surface area contributed by atoms with Crippen LogP contribution in [0.5, 0.6) is 0 Å². The lowest BCUT2D eigenvalue weighted by Gasteiger charge is -2.07. The predicted molar refractivity (Wildman–Crippen MR) is 103 cm³/mol. The molecule has 0 radical (unpaired) electrons. The number of nitrogens with one attached hydrogen (secondary N) is 1. The Balaban J connectivity index is 1.54. The van der Waals surface area contributed by atoms with Crippen LogP contribution in [0.15, 0.2) is 48.5 Å². The highest BCUT2D eigenvalue weighted by atomic mass is 32.1. The zero-order valence-electron chi connectivity index (χ0n) is 14.9. The van der Waals surface area contributed by atoms with Gasteiger partial charge in [0.15, 0.2) is 6.61 Å². The predicted octanol–water partition coefficient (Wildman–Crippen LogP) is 4.01. The Labute approximate surface area is 163 Å². The highest BCUT2D eigenvalue weighted by Gasteiger charge is 2.14. The topological polar surface area (TPSA) is 81.7 Å². The summed E-state index contributed by atoms with van der Waals surface area (Å²) in [5, 5.41) is 3.17. The summed E-state index contributed by atoms with van der Waals surface area (Å²) in [4.78, 5) is 35.9. The van der Waals surface area contributed by atoms with Gasteiger partial charge in [-0.25, -0.2) is 14.0 Å². The Bertz CT molecular complexity index is 1030. The second-order valence-corrected chi connectivity index (χ2v) is 6.80. The van der Waals surface area contributed by atoms with Gasteiger partial charge in [-0.3, -0.25) is 4.79 Å². The molecule has 144 valence electrons. The third kappa shape index (κ3) is 4.72. The fraction of sp³-hybridized carbons (Fsp3) is 0.150. The van der Waals surface area contributed by atoms with Gasteiger partial charge in [0.25, 0.3) is 5.91 Å². The van der Waals surface area contributed by atoms with Crippen LogP contribution >= 0.6 is 11.3 Å². The molecule has 0 bridgehead atoms. The monoisotopic (exact) mass is 401 g/mol. The summed E-state index contributed by atoms with van der Waals surface area (Å²) in [6.45, 7) is 1.52. The number of fused-ring (bicyclic) bond motifs is 1. The van der Waals surface area contributed by atoms with Crippen LogP contribution in [0.4, 0.5) is 10.1 Å². The molecule has 0 aliphatic heterocycles. The molecule has 0 atom stereocenters. The second-order valence-electron chi connectivity index (χ2n) is 5.71. The van der Waals surface area contributed by atoms with Crippen molar-refractivity contribution < 1.29 is 28.2 Å². The molecule has 0 aliphatic carbocycles. The van der Waals surface area contributed by atoms with E-state index >= 15 is 0 Å². The molecule has 3 rings (SSSR count). The zero-order chi connectivity index (χ0) is 20.1. The second kappa shape index (κ2) is 8.62. The van der Waals surface area contributed by atoms with Gasteiger partial charge in [0.05, 0.1) is 12.2 Å². The lowest BCUT2D eigenvalue weighted by Crippen LogP contribution is -2.20. The average molecular weight is 401 g/mol. The lowest BCUT2D eigenvalue weighted by molar-refractivity contribution is -0.119. The van der Waals surface area contributed by atoms with Crippen LogP contribution in [-0.2, 0) is 14.3 Å². The molecule has 1 N–H and O–H groups in total. The number of carbonyl (C=O) groups excluding carboxylic acids is 3. The molecule has 0 spiro atoms. The van der Waals surface area contributed by atoms with Gasteiger partial charge in [-0.1, -0.05) is 0 Å². The zero-order valence-corrected chi connectivity index (χ0v) is 15.7. The summed E-state index contributed by atoms with van der Waals surface area (Å²) in [7, 11) is 0. The van der Waals surface area contributed by atoms with Crippen molar-refractivity contribution in [1.29, 1.82) is 0 Å². The number of rotatable bonds is 6. The van der Waals surface area contributed by atoms with E-state index in [0.29, 0.717) is 16.6 Å². The molecule has 1 amide bonds. The maximum atomic E-state index is 13.2. The average Bonchev–Trinajstić information content (AvgIpc) is 3.10. The van der Waals surface area contributed by atoms with Gasteiger partial charge in [0.2, 0.25) is 0 Å². The van der Waals surface area contributed by atoms with Crippen molar-refractivity contribution in [3.63, 3.8) is 0 Å². The number of anilines is 1. The third-order valence-corrected chi connectivity index (χ3v) is 4.79. The van der Waals surface area contributed by atoms with E-state index in [2.05, 4.69) is 5.32 Å². The van der Waals surface area contributed by atoms with E-state index in [9.17, 15) is 18.8 Å². The standard InChI is InChI=1S/C20H16FNO5S/c1-2-26-19(24)12-3-6-15(7-4-12)22-18(23)11-27-20(25)17-10-13-9-14(21)5-8-16(13)28-17/h3-10H,2,11H2,1H3,(H,22,23). The summed E-state index contributed by atoms with van der Waals surface area (Å²) in [5.41, 5.74) is 0.818. The molecule has 8 heteroatoms. The molecule has 0 unspecified atom stereocenters. The fourth-order valence-corrected chi connectivity index (χ4v) is 3.36. The Morgan fingerprint density at radius 2 is 1.75 bits per heavy atom. The van der Waals surface area contributed by atoms with Crippen molar-refractivity contribution in [2.75, 3.05) is 18.5 Å².